The van der Waals surface area contributed by atoms with Crippen LogP contribution in [0, 0.1) is 23.2 Å². The summed E-state index contributed by atoms with van der Waals surface area (Å²) in [6, 6.07) is 0.693. The minimum Gasteiger partial charge on any atom is -0.313 e. The number of nitrogens with one attached hydrogen (secondary N) is 1. The van der Waals surface area contributed by atoms with Gasteiger partial charge in [0, 0.05) is 6.04 Å². The zero-order valence-corrected chi connectivity index (χ0v) is 12.5. The first kappa shape index (κ1) is 12.4. The summed E-state index contributed by atoms with van der Waals surface area (Å²) in [6.45, 7) is 0. The van der Waals surface area contributed by atoms with Gasteiger partial charge in [-0.1, -0.05) is 11.6 Å². The molecule has 106 valence electrons. The van der Waals surface area contributed by atoms with Crippen LogP contribution < -0.4 is 5.32 Å². The largest absolute Gasteiger partial charge is 0.313 e. The fraction of sp³-hybridized carbons (Fsp3) is 0.889. The highest BCUT2D eigenvalue weighted by atomic mass is 14.9. The van der Waals surface area contributed by atoms with Gasteiger partial charge in [-0.05, 0) is 94.4 Å². The van der Waals surface area contributed by atoms with Crippen LogP contribution in [-0.2, 0) is 0 Å². The Labute approximate surface area is 118 Å². The molecule has 5 aliphatic rings. The molecule has 0 heterocycles. The average Bonchev–Trinajstić information content (AvgIpc) is 2.88. The molecule has 1 unspecified atom stereocenters. The third-order valence-corrected chi connectivity index (χ3v) is 6.67. The SMILES string of the molecule is CNC(CC12CC3CC(CC(C3)C1)C2)C1=CCCC1. The molecule has 0 aromatic carbocycles. The smallest absolute Gasteiger partial charge is 0.0281 e. The highest BCUT2D eigenvalue weighted by Crippen LogP contribution is 2.61. The molecule has 1 atom stereocenters. The van der Waals surface area contributed by atoms with Gasteiger partial charge in [0.15, 0.2) is 0 Å². The standard InChI is InChI=1S/C18H29N/c1-19-17(16-4-2-3-5-16)12-18-9-13-6-14(10-18)8-15(7-13)11-18/h4,13-15,17,19H,2-3,5-12H2,1H3. The topological polar surface area (TPSA) is 12.0 Å². The third kappa shape index (κ3) is 2.18. The maximum atomic E-state index is 3.65. The molecule has 1 nitrogen and oxygen atoms in total. The second-order valence-corrected chi connectivity index (χ2v) is 8.13. The van der Waals surface area contributed by atoms with Crippen molar-refractivity contribution in [2.75, 3.05) is 7.05 Å². The van der Waals surface area contributed by atoms with E-state index in [-0.39, 0.29) is 0 Å². The van der Waals surface area contributed by atoms with Crippen molar-refractivity contribution in [2.45, 2.75) is 70.3 Å². The van der Waals surface area contributed by atoms with Gasteiger partial charge < -0.3 is 5.32 Å². The van der Waals surface area contributed by atoms with Crippen LogP contribution in [0.4, 0.5) is 0 Å². The Bertz CT molecular complexity index is 346. The van der Waals surface area contributed by atoms with Crippen LogP contribution >= 0.6 is 0 Å². The van der Waals surface area contributed by atoms with Crippen LogP contribution in [0.15, 0.2) is 11.6 Å². The summed E-state index contributed by atoms with van der Waals surface area (Å²) in [7, 11) is 2.18. The van der Waals surface area contributed by atoms with E-state index in [9.17, 15) is 0 Å². The molecule has 0 spiro atoms. The Kier molecular flexibility index (Phi) is 3.02. The summed E-state index contributed by atoms with van der Waals surface area (Å²) in [5.41, 5.74) is 2.46. The lowest BCUT2D eigenvalue weighted by atomic mass is 9.48. The zero-order valence-electron chi connectivity index (χ0n) is 12.5. The van der Waals surface area contributed by atoms with Crippen LogP contribution in [0.3, 0.4) is 0 Å². The van der Waals surface area contributed by atoms with Gasteiger partial charge in [0.2, 0.25) is 0 Å². The Morgan fingerprint density at radius 3 is 2.26 bits per heavy atom. The van der Waals surface area contributed by atoms with Gasteiger partial charge in [-0.15, -0.1) is 0 Å². The molecule has 0 saturated heterocycles. The minimum absolute atomic E-state index is 0.693. The molecular weight excluding hydrogens is 230 g/mol. The lowest BCUT2D eigenvalue weighted by molar-refractivity contribution is -0.0601. The normalized spacial score (nSPS) is 45.5. The van der Waals surface area contributed by atoms with Crippen molar-refractivity contribution < 1.29 is 0 Å². The van der Waals surface area contributed by atoms with Crippen molar-refractivity contribution in [3.8, 4) is 0 Å². The van der Waals surface area contributed by atoms with Crippen LogP contribution in [-0.4, -0.2) is 13.1 Å². The molecule has 4 fully saturated rings. The summed E-state index contributed by atoms with van der Waals surface area (Å²) in [5, 5.41) is 3.65. The fourth-order valence-corrected chi connectivity index (χ4v) is 6.40. The first-order valence-corrected chi connectivity index (χ1v) is 8.62. The van der Waals surface area contributed by atoms with E-state index in [4.69, 9.17) is 0 Å². The van der Waals surface area contributed by atoms with Gasteiger partial charge in [-0.25, -0.2) is 0 Å². The van der Waals surface area contributed by atoms with Gasteiger partial charge in [-0.3, -0.25) is 0 Å². The Morgan fingerprint density at radius 1 is 1.16 bits per heavy atom. The second-order valence-electron chi connectivity index (χ2n) is 8.13. The molecule has 0 aliphatic heterocycles. The van der Waals surface area contributed by atoms with E-state index in [0.717, 1.165) is 23.2 Å². The highest BCUT2D eigenvalue weighted by Gasteiger charge is 2.51. The van der Waals surface area contributed by atoms with E-state index < -0.39 is 0 Å². The van der Waals surface area contributed by atoms with Crippen molar-refractivity contribution in [1.29, 1.82) is 0 Å². The summed E-state index contributed by atoms with van der Waals surface area (Å²) in [4.78, 5) is 0. The van der Waals surface area contributed by atoms with E-state index in [0.29, 0.717) is 6.04 Å². The van der Waals surface area contributed by atoms with Crippen molar-refractivity contribution in [1.82, 2.24) is 5.32 Å². The average molecular weight is 259 g/mol. The van der Waals surface area contributed by atoms with Crippen LogP contribution in [0.1, 0.15) is 64.2 Å². The summed E-state index contributed by atoms with van der Waals surface area (Å²) < 4.78 is 0. The minimum atomic E-state index is 0.693. The molecule has 4 saturated carbocycles. The van der Waals surface area contributed by atoms with Crippen molar-refractivity contribution in [3.05, 3.63) is 11.6 Å². The molecule has 0 aromatic heterocycles. The summed E-state index contributed by atoms with van der Waals surface area (Å²) >= 11 is 0. The van der Waals surface area contributed by atoms with E-state index >= 15 is 0 Å². The predicted molar refractivity (Wildman–Crippen MR) is 80.0 cm³/mol. The molecule has 5 aliphatic carbocycles. The Hall–Kier alpha value is -0.300. The van der Waals surface area contributed by atoms with E-state index in [1.54, 1.807) is 44.1 Å². The van der Waals surface area contributed by atoms with Gasteiger partial charge in [-0.2, -0.15) is 0 Å². The maximum Gasteiger partial charge on any atom is 0.0281 e. The van der Waals surface area contributed by atoms with Gasteiger partial charge in [0.05, 0.1) is 0 Å². The van der Waals surface area contributed by atoms with Crippen LogP contribution in [0.25, 0.3) is 0 Å². The van der Waals surface area contributed by atoms with Crippen LogP contribution in [0.2, 0.25) is 0 Å². The number of hydrogen-bond donors (Lipinski definition) is 1. The number of likely N-dealkylation sites (N-methyl/N-ethyl adjacent to an activating group) is 1. The molecule has 1 N–H and O–H groups in total. The molecule has 0 aromatic rings. The zero-order chi connectivity index (χ0) is 12.9. The molecule has 5 rings (SSSR count). The van der Waals surface area contributed by atoms with E-state index in [2.05, 4.69) is 18.4 Å². The van der Waals surface area contributed by atoms with Crippen molar-refractivity contribution >= 4 is 0 Å². The molecule has 4 bridgehead atoms. The summed E-state index contributed by atoms with van der Waals surface area (Å²) in [6.07, 6.45) is 17.5. The van der Waals surface area contributed by atoms with Gasteiger partial charge in [0.25, 0.3) is 0 Å². The quantitative estimate of drug-likeness (QED) is 0.743. The van der Waals surface area contributed by atoms with Crippen molar-refractivity contribution in [3.63, 3.8) is 0 Å². The first-order valence-electron chi connectivity index (χ1n) is 8.62. The summed E-state index contributed by atoms with van der Waals surface area (Å²) in [5.74, 6) is 3.30. The van der Waals surface area contributed by atoms with E-state index in [1.165, 1.54) is 25.7 Å². The molecule has 19 heavy (non-hydrogen) atoms. The second kappa shape index (κ2) is 4.62. The lowest BCUT2D eigenvalue weighted by Crippen LogP contribution is -2.48. The number of allylic oxidation sites excluding steroid dienone is 1. The first-order chi connectivity index (χ1) is 9.26. The predicted octanol–water partition coefficient (Wildman–Crippen LogP) is 4.29. The lowest BCUT2D eigenvalue weighted by Gasteiger charge is -2.57. The van der Waals surface area contributed by atoms with Gasteiger partial charge in [0.1, 0.15) is 0 Å². The Balaban J connectivity index is 1.52. The molecular formula is C18H29N. The highest BCUT2D eigenvalue weighted by molar-refractivity contribution is 5.17. The maximum absolute atomic E-state index is 3.65. The number of rotatable bonds is 4. The van der Waals surface area contributed by atoms with E-state index in [1.807, 2.05) is 0 Å². The van der Waals surface area contributed by atoms with Crippen LogP contribution in [0.5, 0.6) is 0 Å². The fourth-order valence-electron chi connectivity index (χ4n) is 6.40. The molecule has 0 radical (unpaired) electrons. The van der Waals surface area contributed by atoms with Gasteiger partial charge >= 0.3 is 0 Å². The molecule has 1 heteroatoms. The monoisotopic (exact) mass is 259 g/mol. The molecule has 0 amide bonds. The third-order valence-electron chi connectivity index (χ3n) is 6.67. The van der Waals surface area contributed by atoms with Crippen molar-refractivity contribution in [2.24, 2.45) is 23.2 Å². The Morgan fingerprint density at radius 2 is 1.79 bits per heavy atom. The number of hydrogen-bond acceptors (Lipinski definition) is 1.